The number of hydrogen-bond donors (Lipinski definition) is 1. The Hall–Kier alpha value is -0.0400. The van der Waals surface area contributed by atoms with E-state index in [1.54, 1.807) is 0 Å². The summed E-state index contributed by atoms with van der Waals surface area (Å²) in [5.74, 6) is 1.54. The standard InChI is InChI=1S/C12H26O/c1-4-5-6-7-11(2)10-12(3)8-9-13/h11-13H,4-10H2,1-3H3. The predicted molar refractivity (Wildman–Crippen MR) is 58.8 cm³/mol. The minimum atomic E-state index is 0.350. The van der Waals surface area contributed by atoms with Crippen molar-refractivity contribution in [3.63, 3.8) is 0 Å². The van der Waals surface area contributed by atoms with E-state index in [9.17, 15) is 0 Å². The van der Waals surface area contributed by atoms with Crippen molar-refractivity contribution >= 4 is 0 Å². The second-order valence-electron chi connectivity index (χ2n) is 4.45. The molecule has 13 heavy (non-hydrogen) atoms. The molecule has 0 saturated carbocycles. The smallest absolute Gasteiger partial charge is 0.0433 e. The molecule has 0 saturated heterocycles. The lowest BCUT2D eigenvalue weighted by Crippen LogP contribution is -2.05. The molecule has 0 aromatic carbocycles. The van der Waals surface area contributed by atoms with Gasteiger partial charge >= 0.3 is 0 Å². The average Bonchev–Trinajstić information content (AvgIpc) is 2.05. The Kier molecular flexibility index (Phi) is 8.53. The van der Waals surface area contributed by atoms with E-state index in [1.165, 1.54) is 32.1 Å². The number of unbranched alkanes of at least 4 members (excludes halogenated alkanes) is 2. The zero-order valence-corrected chi connectivity index (χ0v) is 9.55. The van der Waals surface area contributed by atoms with Crippen molar-refractivity contribution in [2.24, 2.45) is 11.8 Å². The molecule has 0 aromatic heterocycles. The van der Waals surface area contributed by atoms with Crippen LogP contribution in [0.25, 0.3) is 0 Å². The molecular weight excluding hydrogens is 160 g/mol. The molecule has 2 atom stereocenters. The summed E-state index contributed by atoms with van der Waals surface area (Å²) >= 11 is 0. The number of aliphatic hydroxyl groups is 1. The maximum absolute atomic E-state index is 8.76. The lowest BCUT2D eigenvalue weighted by atomic mass is 9.91. The molecule has 80 valence electrons. The lowest BCUT2D eigenvalue weighted by Gasteiger charge is -2.15. The maximum atomic E-state index is 8.76. The summed E-state index contributed by atoms with van der Waals surface area (Å²) in [5, 5.41) is 8.76. The first-order chi connectivity index (χ1) is 6.20. The first-order valence-corrected chi connectivity index (χ1v) is 5.81. The van der Waals surface area contributed by atoms with E-state index in [-0.39, 0.29) is 0 Å². The summed E-state index contributed by atoms with van der Waals surface area (Å²) in [7, 11) is 0. The summed E-state index contributed by atoms with van der Waals surface area (Å²) in [5.41, 5.74) is 0. The number of aliphatic hydroxyl groups excluding tert-OH is 1. The van der Waals surface area contributed by atoms with Gasteiger partial charge in [-0.25, -0.2) is 0 Å². The molecule has 2 unspecified atom stereocenters. The first-order valence-electron chi connectivity index (χ1n) is 5.81. The average molecular weight is 186 g/mol. The molecule has 0 heterocycles. The lowest BCUT2D eigenvalue weighted by molar-refractivity contribution is 0.246. The van der Waals surface area contributed by atoms with E-state index >= 15 is 0 Å². The van der Waals surface area contributed by atoms with Crippen LogP contribution in [-0.4, -0.2) is 11.7 Å². The van der Waals surface area contributed by atoms with Crippen LogP contribution in [0.15, 0.2) is 0 Å². The van der Waals surface area contributed by atoms with Crippen LogP contribution in [0.3, 0.4) is 0 Å². The van der Waals surface area contributed by atoms with E-state index in [0.717, 1.165) is 12.3 Å². The molecule has 0 spiro atoms. The van der Waals surface area contributed by atoms with Crippen molar-refractivity contribution in [2.75, 3.05) is 6.61 Å². The zero-order valence-electron chi connectivity index (χ0n) is 9.55. The molecule has 0 aliphatic carbocycles. The minimum absolute atomic E-state index is 0.350. The quantitative estimate of drug-likeness (QED) is 0.574. The van der Waals surface area contributed by atoms with Crippen LogP contribution in [0.1, 0.15) is 59.3 Å². The van der Waals surface area contributed by atoms with Gasteiger partial charge in [0.2, 0.25) is 0 Å². The van der Waals surface area contributed by atoms with Gasteiger partial charge in [0.05, 0.1) is 0 Å². The highest BCUT2D eigenvalue weighted by molar-refractivity contribution is 4.59. The van der Waals surface area contributed by atoms with Crippen molar-refractivity contribution in [3.05, 3.63) is 0 Å². The third-order valence-corrected chi connectivity index (χ3v) is 2.73. The van der Waals surface area contributed by atoms with Crippen LogP contribution in [0.2, 0.25) is 0 Å². The van der Waals surface area contributed by atoms with Crippen molar-refractivity contribution in [2.45, 2.75) is 59.3 Å². The Morgan fingerprint density at radius 3 is 2.15 bits per heavy atom. The number of hydrogen-bond acceptors (Lipinski definition) is 1. The van der Waals surface area contributed by atoms with E-state index in [1.807, 2.05) is 0 Å². The van der Waals surface area contributed by atoms with Crippen LogP contribution in [-0.2, 0) is 0 Å². The second-order valence-corrected chi connectivity index (χ2v) is 4.45. The minimum Gasteiger partial charge on any atom is -0.396 e. The fourth-order valence-corrected chi connectivity index (χ4v) is 1.89. The van der Waals surface area contributed by atoms with Gasteiger partial charge in [0.15, 0.2) is 0 Å². The highest BCUT2D eigenvalue weighted by atomic mass is 16.3. The third kappa shape index (κ3) is 8.29. The Morgan fingerprint density at radius 2 is 1.62 bits per heavy atom. The van der Waals surface area contributed by atoms with Crippen molar-refractivity contribution in [1.29, 1.82) is 0 Å². The summed E-state index contributed by atoms with van der Waals surface area (Å²) in [4.78, 5) is 0. The Bertz CT molecular complexity index is 101. The van der Waals surface area contributed by atoms with Gasteiger partial charge in [0, 0.05) is 6.61 Å². The molecule has 0 bridgehead atoms. The summed E-state index contributed by atoms with van der Waals surface area (Å²) in [6.07, 6.45) is 7.69. The normalized spacial score (nSPS) is 15.7. The molecule has 1 heteroatoms. The molecule has 0 aromatic rings. The SMILES string of the molecule is CCCCCC(C)CC(C)CCO. The molecule has 0 radical (unpaired) electrons. The van der Waals surface area contributed by atoms with Crippen molar-refractivity contribution < 1.29 is 5.11 Å². The fourth-order valence-electron chi connectivity index (χ4n) is 1.89. The van der Waals surface area contributed by atoms with Gasteiger partial charge in [-0.2, -0.15) is 0 Å². The Balaban J connectivity index is 3.32. The van der Waals surface area contributed by atoms with Gasteiger partial charge in [-0.05, 0) is 24.7 Å². The van der Waals surface area contributed by atoms with Crippen molar-refractivity contribution in [1.82, 2.24) is 0 Å². The van der Waals surface area contributed by atoms with Crippen molar-refractivity contribution in [3.8, 4) is 0 Å². The highest BCUT2D eigenvalue weighted by Gasteiger charge is 2.07. The van der Waals surface area contributed by atoms with Crippen LogP contribution >= 0.6 is 0 Å². The molecule has 0 amide bonds. The fraction of sp³-hybridized carbons (Fsp3) is 1.00. The molecule has 0 aliphatic heterocycles. The van der Waals surface area contributed by atoms with Gasteiger partial charge in [-0.3, -0.25) is 0 Å². The maximum Gasteiger partial charge on any atom is 0.0433 e. The molecule has 0 aliphatic rings. The van der Waals surface area contributed by atoms with Gasteiger partial charge in [0.25, 0.3) is 0 Å². The molecule has 1 nitrogen and oxygen atoms in total. The predicted octanol–water partition coefficient (Wildman–Crippen LogP) is 3.61. The van der Waals surface area contributed by atoms with E-state index in [2.05, 4.69) is 20.8 Å². The Morgan fingerprint density at radius 1 is 1.00 bits per heavy atom. The summed E-state index contributed by atoms with van der Waals surface area (Å²) in [6.45, 7) is 7.18. The van der Waals surface area contributed by atoms with Gasteiger partial charge in [0.1, 0.15) is 0 Å². The zero-order chi connectivity index (χ0) is 10.1. The number of rotatable bonds is 8. The van der Waals surface area contributed by atoms with Gasteiger partial charge in [-0.15, -0.1) is 0 Å². The molecular formula is C12H26O. The highest BCUT2D eigenvalue weighted by Crippen LogP contribution is 2.19. The molecule has 0 fully saturated rings. The third-order valence-electron chi connectivity index (χ3n) is 2.73. The van der Waals surface area contributed by atoms with Crippen LogP contribution < -0.4 is 0 Å². The van der Waals surface area contributed by atoms with Crippen LogP contribution in [0.4, 0.5) is 0 Å². The Labute approximate surface area is 83.5 Å². The second kappa shape index (κ2) is 8.55. The largest absolute Gasteiger partial charge is 0.396 e. The van der Waals surface area contributed by atoms with E-state index in [0.29, 0.717) is 12.5 Å². The first kappa shape index (κ1) is 13.0. The van der Waals surface area contributed by atoms with Gasteiger partial charge in [-0.1, -0.05) is 46.5 Å². The monoisotopic (exact) mass is 186 g/mol. The van der Waals surface area contributed by atoms with Crippen LogP contribution in [0.5, 0.6) is 0 Å². The molecule has 1 N–H and O–H groups in total. The van der Waals surface area contributed by atoms with Crippen LogP contribution in [0, 0.1) is 11.8 Å². The van der Waals surface area contributed by atoms with E-state index < -0.39 is 0 Å². The molecule has 0 rings (SSSR count). The summed E-state index contributed by atoms with van der Waals surface area (Å²) < 4.78 is 0. The topological polar surface area (TPSA) is 20.2 Å². The van der Waals surface area contributed by atoms with Gasteiger partial charge < -0.3 is 5.11 Å². The summed E-state index contributed by atoms with van der Waals surface area (Å²) in [6, 6.07) is 0. The van der Waals surface area contributed by atoms with E-state index in [4.69, 9.17) is 5.11 Å².